The number of ether oxygens (including phenoxy) is 1. The maximum atomic E-state index is 12.2. The summed E-state index contributed by atoms with van der Waals surface area (Å²) in [5, 5.41) is 6.67. The molecule has 22 heavy (non-hydrogen) atoms. The van der Waals surface area contributed by atoms with Crippen molar-refractivity contribution in [3.05, 3.63) is 47.8 Å². The van der Waals surface area contributed by atoms with Gasteiger partial charge in [-0.05, 0) is 30.4 Å². The lowest BCUT2D eigenvalue weighted by atomic mass is 10.1. The summed E-state index contributed by atoms with van der Waals surface area (Å²) < 4.78 is 6.82. The third kappa shape index (κ3) is 3.82. The number of amides is 1. The number of rotatable bonds is 5. The highest BCUT2D eigenvalue weighted by Gasteiger charge is 2.09. The normalized spacial score (nSPS) is 10.7. The van der Waals surface area contributed by atoms with E-state index in [1.54, 1.807) is 41.4 Å². The number of carbonyl (C=O) groups is 2. The van der Waals surface area contributed by atoms with Gasteiger partial charge in [0, 0.05) is 31.3 Å². The van der Waals surface area contributed by atoms with E-state index in [0.29, 0.717) is 17.0 Å². The Morgan fingerprint density at radius 3 is 2.73 bits per heavy atom. The Morgan fingerprint density at radius 2 is 2.14 bits per heavy atom. The summed E-state index contributed by atoms with van der Waals surface area (Å²) in [6.07, 6.45) is 6.63. The second-order valence-electron chi connectivity index (χ2n) is 4.74. The molecule has 0 radical (unpaired) electrons. The van der Waals surface area contributed by atoms with Gasteiger partial charge >= 0.3 is 0 Å². The molecule has 1 N–H and O–H groups in total. The summed E-state index contributed by atoms with van der Waals surface area (Å²) in [6.45, 7) is 1.40. The number of ketones is 1. The third-order valence-electron chi connectivity index (χ3n) is 2.95. The molecule has 1 amide bonds. The van der Waals surface area contributed by atoms with E-state index in [1.165, 1.54) is 20.1 Å². The zero-order valence-corrected chi connectivity index (χ0v) is 12.7. The highest BCUT2D eigenvalue weighted by molar-refractivity contribution is 6.08. The second kappa shape index (κ2) is 6.71. The molecule has 0 aliphatic heterocycles. The predicted molar refractivity (Wildman–Crippen MR) is 83.9 cm³/mol. The summed E-state index contributed by atoms with van der Waals surface area (Å²) >= 11 is 0. The topological polar surface area (TPSA) is 73.2 Å². The van der Waals surface area contributed by atoms with Crippen molar-refractivity contribution in [3.63, 3.8) is 0 Å². The molecule has 0 atom stereocenters. The molecule has 0 saturated heterocycles. The fourth-order valence-corrected chi connectivity index (χ4v) is 1.94. The van der Waals surface area contributed by atoms with Gasteiger partial charge in [0.1, 0.15) is 5.75 Å². The number of nitrogens with one attached hydrogen (secondary N) is 1. The monoisotopic (exact) mass is 299 g/mol. The van der Waals surface area contributed by atoms with E-state index in [9.17, 15) is 9.59 Å². The van der Waals surface area contributed by atoms with Crippen molar-refractivity contribution < 1.29 is 14.3 Å². The summed E-state index contributed by atoms with van der Waals surface area (Å²) in [7, 11) is 3.31. The van der Waals surface area contributed by atoms with Gasteiger partial charge in [-0.2, -0.15) is 5.10 Å². The largest absolute Gasteiger partial charge is 0.495 e. The van der Waals surface area contributed by atoms with Gasteiger partial charge in [-0.1, -0.05) is 0 Å². The fourth-order valence-electron chi connectivity index (χ4n) is 1.94. The van der Waals surface area contributed by atoms with Crippen LogP contribution in [-0.2, 0) is 11.8 Å². The Balaban J connectivity index is 2.22. The van der Waals surface area contributed by atoms with Gasteiger partial charge in [0.05, 0.1) is 19.0 Å². The number of allylic oxidation sites excluding steroid dienone is 1. The highest BCUT2D eigenvalue weighted by Crippen LogP contribution is 2.25. The molecule has 114 valence electrons. The van der Waals surface area contributed by atoms with Crippen molar-refractivity contribution in [2.45, 2.75) is 6.92 Å². The van der Waals surface area contributed by atoms with E-state index in [0.717, 1.165) is 5.56 Å². The molecule has 6 nitrogen and oxygen atoms in total. The summed E-state index contributed by atoms with van der Waals surface area (Å²) in [5.74, 6) is 0.106. The first-order valence-electron chi connectivity index (χ1n) is 6.66. The summed E-state index contributed by atoms with van der Waals surface area (Å²) in [4.78, 5) is 23.4. The van der Waals surface area contributed by atoms with Crippen LogP contribution in [0, 0.1) is 0 Å². The van der Waals surface area contributed by atoms with Gasteiger partial charge in [0.15, 0.2) is 5.78 Å². The molecule has 0 saturated carbocycles. The molecular formula is C16H17N3O3. The minimum absolute atomic E-state index is 0.168. The fraction of sp³-hybridized carbons (Fsp3) is 0.188. The summed E-state index contributed by atoms with van der Waals surface area (Å²) in [6, 6.07) is 4.90. The number of carbonyl (C=O) groups excluding carboxylic acids is 2. The van der Waals surface area contributed by atoms with Gasteiger partial charge in [-0.3, -0.25) is 14.3 Å². The molecule has 0 bridgehead atoms. The van der Waals surface area contributed by atoms with E-state index < -0.39 is 0 Å². The summed E-state index contributed by atoms with van der Waals surface area (Å²) in [5.41, 5.74) is 1.77. The maximum absolute atomic E-state index is 12.2. The zero-order valence-electron chi connectivity index (χ0n) is 12.7. The number of aryl methyl sites for hydroxylation is 1. The van der Waals surface area contributed by atoms with Crippen molar-refractivity contribution >= 4 is 23.5 Å². The maximum Gasteiger partial charge on any atom is 0.221 e. The third-order valence-corrected chi connectivity index (χ3v) is 2.95. The number of benzene rings is 1. The molecule has 1 aromatic carbocycles. The average molecular weight is 299 g/mol. The van der Waals surface area contributed by atoms with E-state index in [1.807, 2.05) is 7.05 Å². The van der Waals surface area contributed by atoms with Crippen LogP contribution in [0.3, 0.4) is 0 Å². The lowest BCUT2D eigenvalue weighted by Gasteiger charge is -2.09. The van der Waals surface area contributed by atoms with Gasteiger partial charge in [-0.25, -0.2) is 0 Å². The van der Waals surface area contributed by atoms with E-state index in [4.69, 9.17) is 4.74 Å². The Kier molecular flexibility index (Phi) is 4.73. The van der Waals surface area contributed by atoms with Crippen molar-refractivity contribution in [1.82, 2.24) is 9.78 Å². The van der Waals surface area contributed by atoms with Crippen LogP contribution in [0.25, 0.3) is 6.08 Å². The quantitative estimate of drug-likeness (QED) is 0.679. The van der Waals surface area contributed by atoms with E-state index in [2.05, 4.69) is 10.4 Å². The molecule has 0 aliphatic rings. The number of nitrogens with zero attached hydrogens (tertiary/aromatic N) is 2. The molecule has 0 fully saturated rings. The van der Waals surface area contributed by atoms with E-state index >= 15 is 0 Å². The minimum Gasteiger partial charge on any atom is -0.495 e. The molecular weight excluding hydrogens is 282 g/mol. The predicted octanol–water partition coefficient (Wildman–Crippen LogP) is 2.28. The Hall–Kier alpha value is -2.89. The number of aromatic nitrogens is 2. The molecule has 1 aromatic heterocycles. The lowest BCUT2D eigenvalue weighted by molar-refractivity contribution is -0.114. The lowest BCUT2D eigenvalue weighted by Crippen LogP contribution is -2.08. The molecule has 0 spiro atoms. The van der Waals surface area contributed by atoms with Crippen LogP contribution in [0.2, 0.25) is 0 Å². The smallest absolute Gasteiger partial charge is 0.221 e. The second-order valence-corrected chi connectivity index (χ2v) is 4.74. The molecule has 2 aromatic rings. The van der Waals surface area contributed by atoms with Gasteiger partial charge in [0.25, 0.3) is 0 Å². The van der Waals surface area contributed by atoms with E-state index in [-0.39, 0.29) is 11.7 Å². The number of anilines is 1. The van der Waals surface area contributed by atoms with Crippen LogP contribution in [0.1, 0.15) is 22.8 Å². The van der Waals surface area contributed by atoms with Crippen molar-refractivity contribution in [2.24, 2.45) is 7.05 Å². The molecule has 0 aliphatic carbocycles. The Morgan fingerprint density at radius 1 is 1.36 bits per heavy atom. The zero-order chi connectivity index (χ0) is 16.1. The Bertz CT molecular complexity index is 732. The van der Waals surface area contributed by atoms with Gasteiger partial charge < -0.3 is 10.1 Å². The van der Waals surface area contributed by atoms with Crippen LogP contribution >= 0.6 is 0 Å². The van der Waals surface area contributed by atoms with Crippen molar-refractivity contribution in [3.8, 4) is 5.75 Å². The van der Waals surface area contributed by atoms with Crippen molar-refractivity contribution in [2.75, 3.05) is 12.4 Å². The van der Waals surface area contributed by atoms with Gasteiger partial charge in [-0.15, -0.1) is 0 Å². The first-order chi connectivity index (χ1) is 10.5. The first kappa shape index (κ1) is 15.5. The number of methoxy groups -OCH3 is 1. The van der Waals surface area contributed by atoms with Crippen LogP contribution in [0.4, 0.5) is 5.69 Å². The molecule has 0 unspecified atom stereocenters. The standard InChI is InChI=1S/C16H17N3O3/c1-11(20)18-14-8-13(5-7-16(14)22-3)15(21)6-4-12-9-17-19(2)10-12/h4-10H,1-3H3,(H,18,20)/b6-4-. The minimum atomic E-state index is -0.228. The SMILES string of the molecule is COc1ccc(C(=O)/C=C\c2cnn(C)c2)cc1NC(C)=O. The number of hydrogen-bond donors (Lipinski definition) is 1. The average Bonchev–Trinajstić information content (AvgIpc) is 2.89. The Labute approximate surface area is 128 Å². The van der Waals surface area contributed by atoms with Gasteiger partial charge in [0.2, 0.25) is 5.91 Å². The highest BCUT2D eigenvalue weighted by atomic mass is 16.5. The number of hydrogen-bond acceptors (Lipinski definition) is 4. The molecule has 1 heterocycles. The van der Waals surface area contributed by atoms with Crippen molar-refractivity contribution in [1.29, 1.82) is 0 Å². The first-order valence-corrected chi connectivity index (χ1v) is 6.66. The van der Waals surface area contributed by atoms with Crippen LogP contribution in [0.5, 0.6) is 5.75 Å². The van der Waals surface area contributed by atoms with Crippen LogP contribution in [-0.4, -0.2) is 28.6 Å². The van der Waals surface area contributed by atoms with Crippen LogP contribution in [0.15, 0.2) is 36.7 Å². The molecule has 6 heteroatoms. The molecule has 2 rings (SSSR count). The van der Waals surface area contributed by atoms with Crippen LogP contribution < -0.4 is 10.1 Å².